The van der Waals surface area contributed by atoms with Gasteiger partial charge in [0.25, 0.3) is 0 Å². The van der Waals surface area contributed by atoms with Crippen molar-refractivity contribution < 1.29 is 19.3 Å². The maximum atomic E-state index is 10.7. The number of anilines is 2. The first kappa shape index (κ1) is 30.6. The van der Waals surface area contributed by atoms with Gasteiger partial charge in [-0.15, -0.1) is 0 Å². The second kappa shape index (κ2) is 13.2. The molecule has 2 heterocycles. The van der Waals surface area contributed by atoms with Crippen molar-refractivity contribution in [3.05, 3.63) is 78.5 Å². The van der Waals surface area contributed by atoms with Crippen LogP contribution in [0.3, 0.4) is 0 Å². The molecule has 1 aliphatic heterocycles. The molecule has 228 valence electrons. The lowest BCUT2D eigenvalue weighted by molar-refractivity contribution is 0.0423. The average molecular weight is 584 g/mol. The van der Waals surface area contributed by atoms with Gasteiger partial charge in [0.2, 0.25) is 0 Å². The molecule has 5 rings (SSSR count). The Labute approximate surface area is 255 Å². The fraction of sp³-hybridized carbons (Fsp3) is 0.417. The molecule has 1 aliphatic rings. The zero-order valence-corrected chi connectivity index (χ0v) is 26.3. The van der Waals surface area contributed by atoms with Gasteiger partial charge in [0.1, 0.15) is 24.2 Å². The van der Waals surface area contributed by atoms with Crippen LogP contribution in [0.4, 0.5) is 11.4 Å². The summed E-state index contributed by atoms with van der Waals surface area (Å²) < 4.78 is 18.0. The van der Waals surface area contributed by atoms with Gasteiger partial charge in [0, 0.05) is 48.7 Å². The topological polar surface area (TPSA) is 76.1 Å². The molecule has 3 unspecified atom stereocenters. The van der Waals surface area contributed by atoms with Crippen LogP contribution < -0.4 is 19.5 Å². The number of likely N-dealkylation sites (tertiary alicyclic amines) is 1. The monoisotopic (exact) mass is 583 g/mol. The number of nitrogens with zero attached hydrogens (tertiary/aromatic N) is 2. The van der Waals surface area contributed by atoms with Crippen molar-refractivity contribution in [3.63, 3.8) is 0 Å². The maximum absolute atomic E-state index is 10.7. The van der Waals surface area contributed by atoms with Gasteiger partial charge < -0.3 is 29.5 Å². The largest absolute Gasteiger partial charge is 0.493 e. The number of hydrogen-bond donors (Lipinski definition) is 2. The molecule has 0 aliphatic carbocycles. The third kappa shape index (κ3) is 7.98. The van der Waals surface area contributed by atoms with Gasteiger partial charge in [-0.05, 0) is 77.8 Å². The number of rotatable bonds is 10. The molecule has 0 amide bonds. The Balaban J connectivity index is 1.24. The fourth-order valence-corrected chi connectivity index (χ4v) is 5.92. The van der Waals surface area contributed by atoms with Crippen molar-refractivity contribution in [1.29, 1.82) is 0 Å². The Morgan fingerprint density at radius 1 is 0.907 bits per heavy atom. The number of aliphatic hydroxyl groups excluding tert-OH is 1. The number of β-amino-alcohol motifs (C(OH)–C–C–N with tert-alkyl or cyclic N) is 1. The highest BCUT2D eigenvalue weighted by Gasteiger charge is 2.24. The average Bonchev–Trinajstić information content (AvgIpc) is 2.96. The Kier molecular flexibility index (Phi) is 9.43. The summed E-state index contributed by atoms with van der Waals surface area (Å²) in [5.74, 6) is 3.78. The number of fused-ring (bicyclic) bond motifs is 1. The summed E-state index contributed by atoms with van der Waals surface area (Å²) in [5, 5.41) is 15.0. The molecule has 3 atom stereocenters. The van der Waals surface area contributed by atoms with Gasteiger partial charge >= 0.3 is 0 Å². The normalized spacial score (nSPS) is 18.3. The molecule has 0 bridgehead atoms. The van der Waals surface area contributed by atoms with Crippen molar-refractivity contribution in [2.75, 3.05) is 38.7 Å². The second-order valence-electron chi connectivity index (χ2n) is 13.0. The number of piperidine rings is 1. The first-order valence-corrected chi connectivity index (χ1v) is 15.2. The van der Waals surface area contributed by atoms with E-state index in [1.165, 1.54) is 12.0 Å². The predicted molar refractivity (Wildman–Crippen MR) is 174 cm³/mol. The molecule has 3 aromatic carbocycles. The van der Waals surface area contributed by atoms with Crippen LogP contribution in [0.2, 0.25) is 0 Å². The van der Waals surface area contributed by atoms with Gasteiger partial charge in [0.05, 0.1) is 12.6 Å². The van der Waals surface area contributed by atoms with E-state index in [-0.39, 0.29) is 12.0 Å². The second-order valence-corrected chi connectivity index (χ2v) is 13.0. The van der Waals surface area contributed by atoms with Crippen LogP contribution in [-0.4, -0.2) is 54.4 Å². The van der Waals surface area contributed by atoms with Crippen LogP contribution >= 0.6 is 0 Å². The molecule has 2 N–H and O–H groups in total. The van der Waals surface area contributed by atoms with Crippen LogP contribution in [-0.2, 0) is 5.41 Å². The van der Waals surface area contributed by atoms with Gasteiger partial charge in [-0.1, -0.05) is 46.8 Å². The van der Waals surface area contributed by atoms with Crippen LogP contribution in [0.25, 0.3) is 10.9 Å². The molecule has 4 aromatic rings. The summed E-state index contributed by atoms with van der Waals surface area (Å²) in [5.41, 5.74) is 4.16. The summed E-state index contributed by atoms with van der Waals surface area (Å²) in [6, 6.07) is 22.0. The van der Waals surface area contributed by atoms with E-state index in [4.69, 9.17) is 14.2 Å². The van der Waals surface area contributed by atoms with E-state index < -0.39 is 6.10 Å². The standard InChI is InChI=1S/C36H45N3O4/c1-24-17-25(2)21-39(20-24)22-29(40)23-42-35-19-32-31(18-34(35)41-6)33(15-16-37-32)43-30-13-11-28(12-14-30)38-27-9-7-26(8-10-27)36(3,4)5/h7-16,18-19,24-25,29,38,40H,17,20-23H2,1-6H3. The molecular formula is C36H45N3O4. The van der Waals surface area contributed by atoms with Crippen molar-refractivity contribution in [2.24, 2.45) is 11.8 Å². The zero-order chi connectivity index (χ0) is 30.6. The Morgan fingerprint density at radius 3 is 2.19 bits per heavy atom. The van der Waals surface area contributed by atoms with E-state index in [9.17, 15) is 5.11 Å². The maximum Gasteiger partial charge on any atom is 0.163 e. The third-order valence-electron chi connectivity index (χ3n) is 7.95. The van der Waals surface area contributed by atoms with Crippen molar-refractivity contribution in [2.45, 2.75) is 52.6 Å². The third-order valence-corrected chi connectivity index (χ3v) is 7.95. The molecule has 0 saturated carbocycles. The Morgan fingerprint density at radius 2 is 1.56 bits per heavy atom. The lowest BCUT2D eigenvalue weighted by Gasteiger charge is -2.35. The summed E-state index contributed by atoms with van der Waals surface area (Å²) in [6.07, 6.45) is 2.37. The highest BCUT2D eigenvalue weighted by atomic mass is 16.5. The van der Waals surface area contributed by atoms with E-state index in [1.54, 1.807) is 13.3 Å². The number of benzene rings is 3. The molecule has 7 heteroatoms. The number of ether oxygens (including phenoxy) is 3. The lowest BCUT2D eigenvalue weighted by Crippen LogP contribution is -2.44. The summed E-state index contributed by atoms with van der Waals surface area (Å²) in [6.45, 7) is 14.0. The minimum absolute atomic E-state index is 0.125. The predicted octanol–water partition coefficient (Wildman–Crippen LogP) is 7.79. The minimum atomic E-state index is -0.596. The van der Waals surface area contributed by atoms with E-state index in [0.29, 0.717) is 41.4 Å². The lowest BCUT2D eigenvalue weighted by atomic mass is 9.87. The Bertz CT molecular complexity index is 1490. The zero-order valence-electron chi connectivity index (χ0n) is 26.3. The van der Waals surface area contributed by atoms with Crippen molar-refractivity contribution in [1.82, 2.24) is 9.88 Å². The van der Waals surface area contributed by atoms with E-state index in [0.717, 1.165) is 35.4 Å². The highest BCUT2D eigenvalue weighted by Crippen LogP contribution is 2.37. The SMILES string of the molecule is COc1cc2c(Oc3ccc(Nc4ccc(C(C)(C)C)cc4)cc3)ccnc2cc1OCC(O)CN1CC(C)CC(C)C1. The quantitative estimate of drug-likeness (QED) is 0.197. The molecule has 7 nitrogen and oxygen atoms in total. The van der Waals surface area contributed by atoms with E-state index >= 15 is 0 Å². The molecule has 1 fully saturated rings. The number of methoxy groups -OCH3 is 1. The number of nitrogens with one attached hydrogen (secondary N) is 1. The van der Waals surface area contributed by atoms with Crippen molar-refractivity contribution >= 4 is 22.3 Å². The fourth-order valence-electron chi connectivity index (χ4n) is 5.92. The number of aliphatic hydroxyl groups is 1. The number of hydrogen-bond acceptors (Lipinski definition) is 7. The summed E-state index contributed by atoms with van der Waals surface area (Å²) in [7, 11) is 1.61. The summed E-state index contributed by atoms with van der Waals surface area (Å²) in [4.78, 5) is 6.88. The summed E-state index contributed by atoms with van der Waals surface area (Å²) >= 11 is 0. The molecule has 1 aromatic heterocycles. The Hall–Kier alpha value is -3.81. The smallest absolute Gasteiger partial charge is 0.163 e. The van der Waals surface area contributed by atoms with Crippen molar-refractivity contribution in [3.8, 4) is 23.0 Å². The molecule has 0 radical (unpaired) electrons. The number of pyridine rings is 1. The highest BCUT2D eigenvalue weighted by molar-refractivity contribution is 5.88. The first-order chi connectivity index (χ1) is 20.6. The molecule has 0 spiro atoms. The van der Waals surface area contributed by atoms with E-state index in [1.807, 2.05) is 42.5 Å². The van der Waals surface area contributed by atoms with Gasteiger partial charge in [-0.25, -0.2) is 0 Å². The van der Waals surface area contributed by atoms with Crippen LogP contribution in [0.1, 0.15) is 46.6 Å². The van der Waals surface area contributed by atoms with Crippen LogP contribution in [0.15, 0.2) is 72.9 Å². The van der Waals surface area contributed by atoms with Crippen LogP contribution in [0.5, 0.6) is 23.0 Å². The van der Waals surface area contributed by atoms with Gasteiger partial charge in [0.15, 0.2) is 11.5 Å². The van der Waals surface area contributed by atoms with Crippen LogP contribution in [0, 0.1) is 11.8 Å². The molecule has 43 heavy (non-hydrogen) atoms. The van der Waals surface area contributed by atoms with Gasteiger partial charge in [-0.2, -0.15) is 0 Å². The minimum Gasteiger partial charge on any atom is -0.493 e. The first-order valence-electron chi connectivity index (χ1n) is 15.2. The molecule has 1 saturated heterocycles. The number of aromatic nitrogens is 1. The molecular weight excluding hydrogens is 538 g/mol. The van der Waals surface area contributed by atoms with E-state index in [2.05, 4.69) is 74.1 Å². The van der Waals surface area contributed by atoms with Gasteiger partial charge in [-0.3, -0.25) is 4.98 Å².